The van der Waals surface area contributed by atoms with Crippen LogP contribution in [0.25, 0.3) is 0 Å². The predicted molar refractivity (Wildman–Crippen MR) is 117 cm³/mol. The number of amides is 1. The zero-order chi connectivity index (χ0) is 21.4. The SMILES string of the molecule is Cc1ccc(OCCNC(=O)CCCN(c2ccc(Cl)cc2)S(C)(=O)=O)cc1C. The van der Waals surface area contributed by atoms with Crippen LogP contribution in [0.1, 0.15) is 24.0 Å². The lowest BCUT2D eigenvalue weighted by Gasteiger charge is -2.22. The molecule has 1 amide bonds. The largest absolute Gasteiger partial charge is 0.492 e. The fourth-order valence-corrected chi connectivity index (χ4v) is 3.82. The molecule has 0 radical (unpaired) electrons. The van der Waals surface area contributed by atoms with Crippen LogP contribution < -0.4 is 14.4 Å². The van der Waals surface area contributed by atoms with Gasteiger partial charge in [0.25, 0.3) is 0 Å². The highest BCUT2D eigenvalue weighted by Gasteiger charge is 2.17. The van der Waals surface area contributed by atoms with Gasteiger partial charge in [-0.1, -0.05) is 17.7 Å². The van der Waals surface area contributed by atoms with Crippen molar-refractivity contribution in [3.8, 4) is 5.75 Å². The first-order chi connectivity index (χ1) is 13.7. The molecule has 1 N–H and O–H groups in total. The third-order valence-electron chi connectivity index (χ3n) is 4.45. The van der Waals surface area contributed by atoms with E-state index >= 15 is 0 Å². The van der Waals surface area contributed by atoms with Gasteiger partial charge in [0, 0.05) is 18.0 Å². The fraction of sp³-hybridized carbons (Fsp3) is 0.381. The summed E-state index contributed by atoms with van der Waals surface area (Å²) in [5.41, 5.74) is 2.88. The lowest BCUT2D eigenvalue weighted by Crippen LogP contribution is -2.32. The highest BCUT2D eigenvalue weighted by atomic mass is 35.5. The molecule has 0 bridgehead atoms. The maximum Gasteiger partial charge on any atom is 0.232 e. The van der Waals surface area contributed by atoms with Crippen molar-refractivity contribution in [1.82, 2.24) is 5.32 Å². The number of hydrogen-bond acceptors (Lipinski definition) is 4. The Morgan fingerprint density at radius 2 is 1.79 bits per heavy atom. The van der Waals surface area contributed by atoms with Gasteiger partial charge in [-0.2, -0.15) is 0 Å². The van der Waals surface area contributed by atoms with Crippen molar-refractivity contribution in [1.29, 1.82) is 0 Å². The van der Waals surface area contributed by atoms with Crippen molar-refractivity contribution in [2.75, 3.05) is 30.3 Å². The van der Waals surface area contributed by atoms with Crippen LogP contribution in [0.15, 0.2) is 42.5 Å². The van der Waals surface area contributed by atoms with Crippen LogP contribution in [0.4, 0.5) is 5.69 Å². The predicted octanol–water partition coefficient (Wildman–Crippen LogP) is 3.70. The Morgan fingerprint density at radius 3 is 2.41 bits per heavy atom. The van der Waals surface area contributed by atoms with Crippen LogP contribution in [0.3, 0.4) is 0 Å². The number of benzene rings is 2. The molecule has 0 heterocycles. The Hall–Kier alpha value is -2.25. The van der Waals surface area contributed by atoms with Crippen LogP contribution in [-0.4, -0.2) is 40.3 Å². The Balaban J connectivity index is 1.74. The smallest absolute Gasteiger partial charge is 0.232 e. The molecule has 0 aliphatic rings. The number of aryl methyl sites for hydroxylation is 2. The van der Waals surface area contributed by atoms with E-state index in [-0.39, 0.29) is 18.9 Å². The van der Waals surface area contributed by atoms with Gasteiger partial charge < -0.3 is 10.1 Å². The maximum absolute atomic E-state index is 12.1. The molecule has 0 saturated carbocycles. The molecule has 158 valence electrons. The normalized spacial score (nSPS) is 11.2. The second-order valence-corrected chi connectivity index (χ2v) is 9.20. The molecule has 6 nitrogen and oxygen atoms in total. The maximum atomic E-state index is 12.1. The molecule has 0 unspecified atom stereocenters. The average Bonchev–Trinajstić information content (AvgIpc) is 2.65. The highest BCUT2D eigenvalue weighted by Crippen LogP contribution is 2.21. The van der Waals surface area contributed by atoms with Gasteiger partial charge in [0.15, 0.2) is 0 Å². The van der Waals surface area contributed by atoms with Crippen LogP contribution in [0.2, 0.25) is 5.02 Å². The Bertz CT molecular complexity index is 930. The summed E-state index contributed by atoms with van der Waals surface area (Å²) in [6.45, 7) is 5.03. The molecule has 0 saturated heterocycles. The van der Waals surface area contributed by atoms with Crippen molar-refractivity contribution < 1.29 is 17.9 Å². The number of carbonyl (C=O) groups excluding carboxylic acids is 1. The molecule has 29 heavy (non-hydrogen) atoms. The number of nitrogens with zero attached hydrogens (tertiary/aromatic N) is 1. The van der Waals surface area contributed by atoms with Crippen molar-refractivity contribution in [3.63, 3.8) is 0 Å². The van der Waals surface area contributed by atoms with Gasteiger partial charge in [0.2, 0.25) is 15.9 Å². The summed E-state index contributed by atoms with van der Waals surface area (Å²) < 4.78 is 31.0. The molecule has 0 aliphatic heterocycles. The van der Waals surface area contributed by atoms with Crippen molar-refractivity contribution in [2.45, 2.75) is 26.7 Å². The molecule has 0 fully saturated rings. The van der Waals surface area contributed by atoms with Crippen molar-refractivity contribution in [3.05, 3.63) is 58.6 Å². The Kier molecular flexibility index (Phi) is 8.34. The van der Waals surface area contributed by atoms with E-state index in [1.165, 1.54) is 9.87 Å². The van der Waals surface area contributed by atoms with E-state index in [4.69, 9.17) is 16.3 Å². The minimum absolute atomic E-state index is 0.141. The van der Waals surface area contributed by atoms with Crippen molar-refractivity contribution >= 4 is 33.2 Å². The molecule has 0 spiro atoms. The summed E-state index contributed by atoms with van der Waals surface area (Å²) in [6.07, 6.45) is 1.77. The first kappa shape index (κ1) is 23.0. The summed E-state index contributed by atoms with van der Waals surface area (Å²) >= 11 is 5.86. The topological polar surface area (TPSA) is 75.7 Å². The van der Waals surface area contributed by atoms with E-state index in [1.54, 1.807) is 24.3 Å². The highest BCUT2D eigenvalue weighted by molar-refractivity contribution is 7.92. The van der Waals surface area contributed by atoms with Gasteiger partial charge in [-0.15, -0.1) is 0 Å². The van der Waals surface area contributed by atoms with Gasteiger partial charge in [0.05, 0.1) is 18.5 Å². The summed E-state index contributed by atoms with van der Waals surface area (Å²) in [6, 6.07) is 12.4. The van der Waals surface area contributed by atoms with Crippen LogP contribution >= 0.6 is 11.6 Å². The first-order valence-corrected chi connectivity index (χ1v) is 11.6. The molecule has 2 rings (SSSR count). The van der Waals surface area contributed by atoms with E-state index in [0.717, 1.165) is 17.6 Å². The number of halogens is 1. The third-order valence-corrected chi connectivity index (χ3v) is 5.90. The number of nitrogens with one attached hydrogen (secondary N) is 1. The second kappa shape index (κ2) is 10.5. The molecular weight excluding hydrogens is 412 g/mol. The number of carbonyl (C=O) groups is 1. The molecule has 2 aromatic rings. The van der Waals surface area contributed by atoms with E-state index < -0.39 is 10.0 Å². The van der Waals surface area contributed by atoms with Crippen LogP contribution in [-0.2, 0) is 14.8 Å². The monoisotopic (exact) mass is 438 g/mol. The minimum atomic E-state index is -3.45. The van der Waals surface area contributed by atoms with E-state index in [1.807, 2.05) is 32.0 Å². The van der Waals surface area contributed by atoms with Crippen molar-refractivity contribution in [2.24, 2.45) is 0 Å². The zero-order valence-corrected chi connectivity index (χ0v) is 18.5. The Morgan fingerprint density at radius 1 is 1.10 bits per heavy atom. The summed E-state index contributed by atoms with van der Waals surface area (Å²) in [4.78, 5) is 12.0. The molecule has 0 atom stereocenters. The minimum Gasteiger partial charge on any atom is -0.492 e. The lowest BCUT2D eigenvalue weighted by molar-refractivity contribution is -0.121. The first-order valence-electron chi connectivity index (χ1n) is 9.37. The summed E-state index contributed by atoms with van der Waals surface area (Å²) in [5.74, 6) is 0.632. The van der Waals surface area contributed by atoms with E-state index in [2.05, 4.69) is 5.32 Å². The zero-order valence-electron chi connectivity index (χ0n) is 16.9. The number of sulfonamides is 1. The fourth-order valence-electron chi connectivity index (χ4n) is 2.73. The number of ether oxygens (including phenoxy) is 1. The van der Waals surface area contributed by atoms with Gasteiger partial charge in [-0.3, -0.25) is 9.10 Å². The van der Waals surface area contributed by atoms with Crippen LogP contribution in [0, 0.1) is 13.8 Å². The summed E-state index contributed by atoms with van der Waals surface area (Å²) in [5, 5.41) is 3.32. The van der Waals surface area contributed by atoms with Gasteiger partial charge in [-0.05, 0) is 67.8 Å². The number of anilines is 1. The lowest BCUT2D eigenvalue weighted by atomic mass is 10.1. The van der Waals surface area contributed by atoms with Crippen LogP contribution in [0.5, 0.6) is 5.75 Å². The third kappa shape index (κ3) is 7.59. The molecule has 0 aliphatic carbocycles. The van der Waals surface area contributed by atoms with Gasteiger partial charge >= 0.3 is 0 Å². The van der Waals surface area contributed by atoms with Gasteiger partial charge in [-0.25, -0.2) is 8.42 Å². The molecule has 0 aromatic heterocycles. The number of rotatable bonds is 10. The molecular formula is C21H27ClN2O4S. The quantitative estimate of drug-likeness (QED) is 0.574. The number of hydrogen-bond donors (Lipinski definition) is 1. The van der Waals surface area contributed by atoms with E-state index in [9.17, 15) is 13.2 Å². The molecule has 2 aromatic carbocycles. The average molecular weight is 439 g/mol. The summed E-state index contributed by atoms with van der Waals surface area (Å²) in [7, 11) is -3.45. The van der Waals surface area contributed by atoms with Gasteiger partial charge in [0.1, 0.15) is 12.4 Å². The standard InChI is InChI=1S/C21H27ClN2O4S/c1-16-6-11-20(15-17(16)2)28-14-12-23-21(25)5-4-13-24(29(3,26)27)19-9-7-18(22)8-10-19/h6-11,15H,4-5,12-14H2,1-3H3,(H,23,25). The second-order valence-electron chi connectivity index (χ2n) is 6.86. The Labute approximate surface area is 177 Å². The van der Waals surface area contributed by atoms with E-state index in [0.29, 0.717) is 30.3 Å². The molecule has 8 heteroatoms.